The van der Waals surface area contributed by atoms with Crippen molar-refractivity contribution in [2.24, 2.45) is 0 Å². The normalized spacial score (nSPS) is 9.62. The largest absolute Gasteiger partial charge is 0.337 e. The van der Waals surface area contributed by atoms with E-state index in [0.29, 0.717) is 6.54 Å². The summed E-state index contributed by atoms with van der Waals surface area (Å²) in [5.41, 5.74) is 1.18. The fourth-order valence-corrected chi connectivity index (χ4v) is 1.05. The van der Waals surface area contributed by atoms with E-state index >= 15 is 0 Å². The maximum atomic E-state index is 10.2. The molecule has 0 heterocycles. The van der Waals surface area contributed by atoms with Crippen LogP contribution in [0.3, 0.4) is 0 Å². The van der Waals surface area contributed by atoms with Crippen molar-refractivity contribution < 1.29 is 9.63 Å². The molecule has 0 aliphatic carbocycles. The standard InChI is InChI=1S/C10H12NO2/c1-13-11(9-12)8-7-10-5-3-2-4-6-10/h2-6H,7-8H2,1H3. The topological polar surface area (TPSA) is 29.5 Å². The molecule has 0 N–H and O–H groups in total. The molecule has 1 rings (SSSR count). The van der Waals surface area contributed by atoms with Crippen molar-refractivity contribution >= 4 is 6.41 Å². The lowest BCUT2D eigenvalue weighted by molar-refractivity contribution is -0.0651. The summed E-state index contributed by atoms with van der Waals surface area (Å²) in [5, 5.41) is 1.15. The Labute approximate surface area is 77.9 Å². The minimum Gasteiger partial charge on any atom is -0.274 e. The van der Waals surface area contributed by atoms with E-state index in [0.717, 1.165) is 11.5 Å². The molecule has 1 radical (unpaired) electrons. The van der Waals surface area contributed by atoms with Crippen molar-refractivity contribution in [3.63, 3.8) is 0 Å². The quantitative estimate of drug-likeness (QED) is 0.500. The third kappa shape index (κ3) is 3.25. The molecule has 0 atom stereocenters. The summed E-state index contributed by atoms with van der Waals surface area (Å²) in [6, 6.07) is 9.93. The molecule has 0 unspecified atom stereocenters. The van der Waals surface area contributed by atoms with Crippen molar-refractivity contribution in [1.29, 1.82) is 0 Å². The number of carbonyl (C=O) groups excluding carboxylic acids is 1. The zero-order chi connectivity index (χ0) is 9.52. The average molecular weight is 178 g/mol. The molecule has 3 heteroatoms. The van der Waals surface area contributed by atoms with Gasteiger partial charge in [-0.1, -0.05) is 30.3 Å². The van der Waals surface area contributed by atoms with Crippen LogP contribution < -0.4 is 0 Å². The molecule has 1 aromatic carbocycles. The molecule has 1 aromatic rings. The Hall–Kier alpha value is -1.35. The summed E-state index contributed by atoms with van der Waals surface area (Å²) < 4.78 is 0. The van der Waals surface area contributed by atoms with E-state index in [-0.39, 0.29) is 0 Å². The highest BCUT2D eigenvalue weighted by Gasteiger charge is 2.00. The van der Waals surface area contributed by atoms with Gasteiger partial charge in [0.1, 0.15) is 0 Å². The molecule has 3 nitrogen and oxygen atoms in total. The number of rotatable bonds is 5. The Morgan fingerprint density at radius 3 is 2.62 bits per heavy atom. The van der Waals surface area contributed by atoms with Gasteiger partial charge in [0.05, 0.1) is 13.7 Å². The fourth-order valence-electron chi connectivity index (χ4n) is 1.05. The van der Waals surface area contributed by atoms with Crippen molar-refractivity contribution in [1.82, 2.24) is 5.06 Å². The summed E-state index contributed by atoms with van der Waals surface area (Å²) in [6.45, 7) is 0.532. The first-order valence-corrected chi connectivity index (χ1v) is 4.10. The third-order valence-electron chi connectivity index (χ3n) is 1.77. The maximum Gasteiger partial charge on any atom is 0.337 e. The monoisotopic (exact) mass is 178 g/mol. The van der Waals surface area contributed by atoms with E-state index < -0.39 is 0 Å². The fraction of sp³-hybridized carbons (Fsp3) is 0.300. The van der Waals surface area contributed by atoms with E-state index in [2.05, 4.69) is 0 Å². The van der Waals surface area contributed by atoms with Gasteiger partial charge in [-0.15, -0.1) is 0 Å². The van der Waals surface area contributed by atoms with Gasteiger partial charge in [0.15, 0.2) is 0 Å². The lowest BCUT2D eigenvalue weighted by atomic mass is 10.1. The first-order chi connectivity index (χ1) is 6.36. The van der Waals surface area contributed by atoms with Crippen LogP contribution in [-0.4, -0.2) is 25.1 Å². The molecule has 0 fully saturated rings. The molecule has 0 aliphatic heterocycles. The second-order valence-corrected chi connectivity index (χ2v) is 2.61. The van der Waals surface area contributed by atoms with Gasteiger partial charge in [-0.05, 0) is 12.0 Å². The molecule has 0 aromatic heterocycles. The van der Waals surface area contributed by atoms with Gasteiger partial charge in [0.2, 0.25) is 0 Å². The van der Waals surface area contributed by atoms with Crippen LogP contribution in [0.1, 0.15) is 5.56 Å². The zero-order valence-corrected chi connectivity index (χ0v) is 7.56. The molecule has 0 saturated carbocycles. The number of hydrogen-bond acceptors (Lipinski definition) is 2. The molecule has 0 aliphatic rings. The van der Waals surface area contributed by atoms with E-state index in [1.807, 2.05) is 30.3 Å². The predicted octanol–water partition coefficient (Wildman–Crippen LogP) is 1.16. The van der Waals surface area contributed by atoms with Crippen LogP contribution >= 0.6 is 0 Å². The van der Waals surface area contributed by atoms with Gasteiger partial charge in [0, 0.05) is 0 Å². The van der Waals surface area contributed by atoms with E-state index in [1.54, 1.807) is 6.41 Å². The third-order valence-corrected chi connectivity index (χ3v) is 1.77. The van der Waals surface area contributed by atoms with Crippen LogP contribution in [0.5, 0.6) is 0 Å². The highest BCUT2D eigenvalue weighted by atomic mass is 16.7. The summed E-state index contributed by atoms with van der Waals surface area (Å²) in [5.74, 6) is 0. The Morgan fingerprint density at radius 1 is 1.38 bits per heavy atom. The van der Waals surface area contributed by atoms with Gasteiger partial charge in [0.25, 0.3) is 0 Å². The SMILES string of the molecule is CON([C]=O)CCc1ccccc1. The highest BCUT2D eigenvalue weighted by molar-refractivity contribution is 5.46. The summed E-state index contributed by atoms with van der Waals surface area (Å²) in [7, 11) is 1.45. The molecule has 0 bridgehead atoms. The predicted molar refractivity (Wildman–Crippen MR) is 49.6 cm³/mol. The van der Waals surface area contributed by atoms with Crippen LogP contribution in [0, 0.1) is 0 Å². The van der Waals surface area contributed by atoms with Crippen LogP contribution in [0.2, 0.25) is 0 Å². The average Bonchev–Trinajstić information content (AvgIpc) is 2.21. The number of nitrogens with zero attached hydrogens (tertiary/aromatic N) is 1. The Balaban J connectivity index is 2.38. The van der Waals surface area contributed by atoms with Crippen LogP contribution in [0.25, 0.3) is 0 Å². The molecular formula is C10H12NO2. The molecule has 0 spiro atoms. The van der Waals surface area contributed by atoms with Gasteiger partial charge >= 0.3 is 6.41 Å². The lowest BCUT2D eigenvalue weighted by Gasteiger charge is -2.11. The van der Waals surface area contributed by atoms with Gasteiger partial charge in [-0.3, -0.25) is 9.63 Å². The maximum absolute atomic E-state index is 10.2. The number of hydrogen-bond donors (Lipinski definition) is 0. The number of amides is 1. The first kappa shape index (κ1) is 9.74. The van der Waals surface area contributed by atoms with Gasteiger partial charge < -0.3 is 0 Å². The van der Waals surface area contributed by atoms with E-state index in [9.17, 15) is 4.79 Å². The minimum absolute atomic E-state index is 0.532. The van der Waals surface area contributed by atoms with E-state index in [4.69, 9.17) is 4.84 Å². The van der Waals surface area contributed by atoms with Gasteiger partial charge in [-0.25, -0.2) is 5.06 Å². The summed E-state index contributed by atoms with van der Waals surface area (Å²) in [6.07, 6.45) is 2.46. The van der Waals surface area contributed by atoms with Gasteiger partial charge in [-0.2, -0.15) is 0 Å². The molecule has 13 heavy (non-hydrogen) atoms. The van der Waals surface area contributed by atoms with E-state index in [1.165, 1.54) is 12.7 Å². The van der Waals surface area contributed by atoms with Crippen molar-refractivity contribution in [3.05, 3.63) is 35.9 Å². The molecule has 69 valence electrons. The molecular weight excluding hydrogens is 166 g/mol. The minimum atomic E-state index is 0.532. The van der Waals surface area contributed by atoms with Crippen LogP contribution in [0.15, 0.2) is 30.3 Å². The zero-order valence-electron chi connectivity index (χ0n) is 7.56. The van der Waals surface area contributed by atoms with Crippen molar-refractivity contribution in [3.8, 4) is 0 Å². The second kappa shape index (κ2) is 5.32. The van der Waals surface area contributed by atoms with Crippen molar-refractivity contribution in [2.45, 2.75) is 6.42 Å². The molecule has 0 saturated heterocycles. The number of benzene rings is 1. The molecule has 1 amide bonds. The Kier molecular flexibility index (Phi) is 3.99. The Morgan fingerprint density at radius 2 is 2.08 bits per heavy atom. The lowest BCUT2D eigenvalue weighted by Crippen LogP contribution is -2.22. The highest BCUT2D eigenvalue weighted by Crippen LogP contribution is 2.00. The Bertz CT molecular complexity index is 248. The van der Waals surface area contributed by atoms with Crippen LogP contribution in [0.4, 0.5) is 0 Å². The van der Waals surface area contributed by atoms with Crippen LogP contribution in [-0.2, 0) is 16.1 Å². The summed E-state index contributed by atoms with van der Waals surface area (Å²) >= 11 is 0. The smallest absolute Gasteiger partial charge is 0.274 e. The number of hydroxylamine groups is 2. The summed E-state index contributed by atoms with van der Waals surface area (Å²) in [4.78, 5) is 15.0. The second-order valence-electron chi connectivity index (χ2n) is 2.61. The first-order valence-electron chi connectivity index (χ1n) is 4.10. The van der Waals surface area contributed by atoms with Crippen molar-refractivity contribution in [2.75, 3.05) is 13.7 Å².